The van der Waals surface area contributed by atoms with Gasteiger partial charge in [0, 0.05) is 17.9 Å². The highest BCUT2D eigenvalue weighted by atomic mass is 19.1. The number of benzene rings is 1. The molecule has 0 saturated carbocycles. The van der Waals surface area contributed by atoms with Gasteiger partial charge in [-0.25, -0.2) is 4.39 Å². The minimum atomic E-state index is -0.360. The summed E-state index contributed by atoms with van der Waals surface area (Å²) in [6, 6.07) is 10.4. The summed E-state index contributed by atoms with van der Waals surface area (Å²) in [6.45, 7) is 2.00. The summed E-state index contributed by atoms with van der Waals surface area (Å²) in [6.07, 6.45) is 5.04. The van der Waals surface area contributed by atoms with Crippen LogP contribution in [0, 0.1) is 5.82 Å². The van der Waals surface area contributed by atoms with Crippen molar-refractivity contribution in [2.24, 2.45) is 5.73 Å². The molecule has 2 nitrogen and oxygen atoms in total. The van der Waals surface area contributed by atoms with Gasteiger partial charge < -0.3 is 5.73 Å². The number of halogens is 1. The molecule has 2 aromatic rings. The van der Waals surface area contributed by atoms with Crippen LogP contribution in [0.5, 0.6) is 0 Å². The molecular formula is C15H17FN2. The van der Waals surface area contributed by atoms with Crippen molar-refractivity contribution in [1.29, 1.82) is 0 Å². The molecule has 3 heteroatoms. The van der Waals surface area contributed by atoms with E-state index < -0.39 is 0 Å². The van der Waals surface area contributed by atoms with Crippen molar-refractivity contribution in [3.05, 3.63) is 65.7 Å². The molecule has 1 aromatic carbocycles. The van der Waals surface area contributed by atoms with E-state index in [1.54, 1.807) is 18.3 Å². The molecule has 0 aliphatic carbocycles. The standard InChI is InChI=1S/C15H17FN2/c1-15(17,10-13-3-2-8-18-11-13)9-12-4-6-14(16)7-5-12/h2-8,11H,9-10,17H2,1H3. The summed E-state index contributed by atoms with van der Waals surface area (Å²) in [5.74, 6) is -0.218. The van der Waals surface area contributed by atoms with Crippen molar-refractivity contribution >= 4 is 0 Å². The molecule has 1 aromatic heterocycles. The Kier molecular flexibility index (Phi) is 3.72. The van der Waals surface area contributed by atoms with Crippen LogP contribution in [0.1, 0.15) is 18.1 Å². The predicted octanol–water partition coefficient (Wildman–Crippen LogP) is 2.72. The van der Waals surface area contributed by atoms with Gasteiger partial charge in [0.05, 0.1) is 0 Å². The summed E-state index contributed by atoms with van der Waals surface area (Å²) in [5, 5.41) is 0. The Labute approximate surface area is 107 Å². The van der Waals surface area contributed by atoms with Crippen molar-refractivity contribution in [1.82, 2.24) is 4.98 Å². The number of aromatic nitrogens is 1. The van der Waals surface area contributed by atoms with Crippen molar-refractivity contribution in [3.63, 3.8) is 0 Å². The summed E-state index contributed by atoms with van der Waals surface area (Å²) in [7, 11) is 0. The first-order chi connectivity index (χ1) is 8.55. The number of hydrogen-bond donors (Lipinski definition) is 1. The molecule has 1 unspecified atom stereocenters. The Morgan fingerprint density at radius 3 is 2.39 bits per heavy atom. The van der Waals surface area contributed by atoms with Crippen LogP contribution in [0.3, 0.4) is 0 Å². The summed E-state index contributed by atoms with van der Waals surface area (Å²) < 4.78 is 12.8. The third-order valence-electron chi connectivity index (χ3n) is 2.85. The van der Waals surface area contributed by atoms with Crippen LogP contribution in [-0.4, -0.2) is 10.5 Å². The van der Waals surface area contributed by atoms with Gasteiger partial charge in [-0.3, -0.25) is 4.98 Å². The smallest absolute Gasteiger partial charge is 0.123 e. The normalized spacial score (nSPS) is 14.2. The Balaban J connectivity index is 2.05. The van der Waals surface area contributed by atoms with Gasteiger partial charge in [0.2, 0.25) is 0 Å². The fourth-order valence-corrected chi connectivity index (χ4v) is 2.10. The van der Waals surface area contributed by atoms with Gasteiger partial charge in [0.15, 0.2) is 0 Å². The Morgan fingerprint density at radius 1 is 1.11 bits per heavy atom. The van der Waals surface area contributed by atoms with Crippen LogP contribution in [0.25, 0.3) is 0 Å². The molecule has 0 saturated heterocycles. The zero-order valence-electron chi connectivity index (χ0n) is 10.4. The van der Waals surface area contributed by atoms with E-state index in [1.807, 2.05) is 25.3 Å². The summed E-state index contributed by atoms with van der Waals surface area (Å²) >= 11 is 0. The monoisotopic (exact) mass is 244 g/mol. The highest BCUT2D eigenvalue weighted by Crippen LogP contribution is 2.16. The topological polar surface area (TPSA) is 38.9 Å². The van der Waals surface area contributed by atoms with E-state index >= 15 is 0 Å². The minimum Gasteiger partial charge on any atom is -0.325 e. The lowest BCUT2D eigenvalue weighted by Crippen LogP contribution is -2.40. The van der Waals surface area contributed by atoms with Crippen molar-refractivity contribution in [3.8, 4) is 0 Å². The Morgan fingerprint density at radius 2 is 1.78 bits per heavy atom. The lowest BCUT2D eigenvalue weighted by Gasteiger charge is -2.24. The predicted molar refractivity (Wildman–Crippen MR) is 70.6 cm³/mol. The number of hydrogen-bond acceptors (Lipinski definition) is 2. The summed E-state index contributed by atoms with van der Waals surface area (Å²) in [5.41, 5.74) is 8.10. The lowest BCUT2D eigenvalue weighted by atomic mass is 9.88. The molecule has 18 heavy (non-hydrogen) atoms. The van der Waals surface area contributed by atoms with Crippen LogP contribution in [0.15, 0.2) is 48.8 Å². The van der Waals surface area contributed by atoms with E-state index in [-0.39, 0.29) is 11.4 Å². The SMILES string of the molecule is CC(N)(Cc1ccc(F)cc1)Cc1cccnc1. The van der Waals surface area contributed by atoms with Gasteiger partial charge >= 0.3 is 0 Å². The van der Waals surface area contributed by atoms with Crippen molar-refractivity contribution < 1.29 is 4.39 Å². The van der Waals surface area contributed by atoms with E-state index in [1.165, 1.54) is 12.1 Å². The third-order valence-corrected chi connectivity index (χ3v) is 2.85. The van der Waals surface area contributed by atoms with Crippen LogP contribution >= 0.6 is 0 Å². The Bertz CT molecular complexity index is 492. The van der Waals surface area contributed by atoms with Gasteiger partial charge in [-0.1, -0.05) is 18.2 Å². The molecule has 1 heterocycles. The highest BCUT2D eigenvalue weighted by molar-refractivity contribution is 5.20. The van der Waals surface area contributed by atoms with Crippen LogP contribution in [0.2, 0.25) is 0 Å². The van der Waals surface area contributed by atoms with E-state index in [9.17, 15) is 4.39 Å². The second kappa shape index (κ2) is 5.27. The molecule has 94 valence electrons. The fraction of sp³-hybridized carbons (Fsp3) is 0.267. The molecule has 0 aliphatic rings. The second-order valence-corrected chi connectivity index (χ2v) is 5.00. The molecule has 0 fully saturated rings. The largest absolute Gasteiger partial charge is 0.325 e. The molecule has 1 atom stereocenters. The second-order valence-electron chi connectivity index (χ2n) is 5.00. The first kappa shape index (κ1) is 12.7. The average molecular weight is 244 g/mol. The van der Waals surface area contributed by atoms with Crippen LogP contribution in [-0.2, 0) is 12.8 Å². The first-order valence-electron chi connectivity index (χ1n) is 5.97. The quantitative estimate of drug-likeness (QED) is 0.898. The molecule has 0 bridgehead atoms. The van der Waals surface area contributed by atoms with Crippen LogP contribution in [0.4, 0.5) is 4.39 Å². The number of nitrogens with zero attached hydrogens (tertiary/aromatic N) is 1. The molecule has 0 amide bonds. The van der Waals surface area contributed by atoms with E-state index in [0.29, 0.717) is 6.42 Å². The summed E-state index contributed by atoms with van der Waals surface area (Å²) in [4.78, 5) is 4.08. The van der Waals surface area contributed by atoms with Crippen molar-refractivity contribution in [2.45, 2.75) is 25.3 Å². The maximum atomic E-state index is 12.8. The minimum absolute atomic E-state index is 0.218. The number of pyridine rings is 1. The molecule has 2 N–H and O–H groups in total. The zero-order chi connectivity index (χ0) is 13.0. The first-order valence-corrected chi connectivity index (χ1v) is 5.97. The molecule has 0 spiro atoms. The highest BCUT2D eigenvalue weighted by Gasteiger charge is 2.19. The third kappa shape index (κ3) is 3.64. The number of rotatable bonds is 4. The molecule has 2 rings (SSSR count). The van der Waals surface area contributed by atoms with Gasteiger partial charge in [-0.15, -0.1) is 0 Å². The van der Waals surface area contributed by atoms with Gasteiger partial charge in [0.25, 0.3) is 0 Å². The van der Waals surface area contributed by atoms with E-state index in [2.05, 4.69) is 4.98 Å². The van der Waals surface area contributed by atoms with Gasteiger partial charge in [-0.2, -0.15) is 0 Å². The maximum Gasteiger partial charge on any atom is 0.123 e. The van der Waals surface area contributed by atoms with Crippen LogP contribution < -0.4 is 5.73 Å². The molecule has 0 radical (unpaired) electrons. The van der Waals surface area contributed by atoms with E-state index in [0.717, 1.165) is 17.5 Å². The van der Waals surface area contributed by atoms with Gasteiger partial charge in [0.1, 0.15) is 5.82 Å². The fourth-order valence-electron chi connectivity index (χ4n) is 2.10. The number of nitrogens with two attached hydrogens (primary N) is 1. The lowest BCUT2D eigenvalue weighted by molar-refractivity contribution is 0.462. The average Bonchev–Trinajstić information content (AvgIpc) is 2.32. The van der Waals surface area contributed by atoms with Crippen molar-refractivity contribution in [2.75, 3.05) is 0 Å². The maximum absolute atomic E-state index is 12.8. The Hall–Kier alpha value is -1.74. The van der Waals surface area contributed by atoms with Gasteiger partial charge in [-0.05, 0) is 49.1 Å². The molecular weight excluding hydrogens is 227 g/mol. The molecule has 0 aliphatic heterocycles. The zero-order valence-corrected chi connectivity index (χ0v) is 10.4. The van der Waals surface area contributed by atoms with E-state index in [4.69, 9.17) is 5.73 Å².